The van der Waals surface area contributed by atoms with Crippen molar-refractivity contribution in [3.63, 3.8) is 0 Å². The summed E-state index contributed by atoms with van der Waals surface area (Å²) in [6.45, 7) is 8.38. The molecule has 1 saturated carbocycles. The second-order valence-electron chi connectivity index (χ2n) is 7.03. The van der Waals surface area contributed by atoms with Crippen molar-refractivity contribution in [2.75, 3.05) is 19.6 Å². The van der Waals surface area contributed by atoms with E-state index in [-0.39, 0.29) is 0 Å². The Balaban J connectivity index is 1.69. The summed E-state index contributed by atoms with van der Waals surface area (Å²) in [5.41, 5.74) is 2.03. The Morgan fingerprint density at radius 1 is 1.25 bits per heavy atom. The van der Waals surface area contributed by atoms with Crippen molar-refractivity contribution in [1.29, 1.82) is 0 Å². The third-order valence-corrected chi connectivity index (χ3v) is 5.35. The average Bonchev–Trinajstić information content (AvgIpc) is 2.46. The summed E-state index contributed by atoms with van der Waals surface area (Å²) in [5, 5.41) is 3.75. The van der Waals surface area contributed by atoms with Crippen molar-refractivity contribution in [2.45, 2.75) is 51.6 Å². The second-order valence-corrected chi connectivity index (χ2v) is 7.03. The van der Waals surface area contributed by atoms with Crippen molar-refractivity contribution in [3.05, 3.63) is 35.9 Å². The number of piperazine rings is 1. The van der Waals surface area contributed by atoms with Crippen LogP contribution in [-0.4, -0.2) is 30.6 Å². The van der Waals surface area contributed by atoms with Crippen LogP contribution in [0.3, 0.4) is 0 Å². The summed E-state index contributed by atoms with van der Waals surface area (Å²) < 4.78 is 0. The van der Waals surface area contributed by atoms with Crippen molar-refractivity contribution < 1.29 is 0 Å². The summed E-state index contributed by atoms with van der Waals surface area (Å²) >= 11 is 0. The van der Waals surface area contributed by atoms with E-state index < -0.39 is 0 Å². The van der Waals surface area contributed by atoms with Gasteiger partial charge in [-0.05, 0) is 30.2 Å². The minimum atomic E-state index is 0.502. The van der Waals surface area contributed by atoms with Gasteiger partial charge in [-0.25, -0.2) is 0 Å². The predicted octanol–water partition coefficient (Wildman–Crippen LogP) is 3.60. The highest BCUT2D eigenvalue weighted by atomic mass is 15.2. The first-order valence-corrected chi connectivity index (χ1v) is 8.22. The molecule has 2 atom stereocenters. The van der Waals surface area contributed by atoms with Crippen LogP contribution in [-0.2, 0) is 0 Å². The summed E-state index contributed by atoms with van der Waals surface area (Å²) in [5.74, 6) is 0. The molecule has 1 aliphatic heterocycles. The molecular formula is C18H28N2. The zero-order valence-electron chi connectivity index (χ0n) is 12.9. The van der Waals surface area contributed by atoms with E-state index in [1.807, 2.05) is 0 Å². The Labute approximate surface area is 123 Å². The fourth-order valence-corrected chi connectivity index (χ4v) is 3.79. The second kappa shape index (κ2) is 5.87. The Morgan fingerprint density at radius 2 is 2.00 bits per heavy atom. The van der Waals surface area contributed by atoms with Crippen molar-refractivity contribution >= 4 is 0 Å². The van der Waals surface area contributed by atoms with E-state index in [0.29, 0.717) is 17.5 Å². The smallest absolute Gasteiger partial charge is 0.0449 e. The average molecular weight is 272 g/mol. The van der Waals surface area contributed by atoms with Crippen LogP contribution in [0.5, 0.6) is 0 Å². The molecule has 0 spiro atoms. The molecule has 0 radical (unpaired) electrons. The van der Waals surface area contributed by atoms with Crippen molar-refractivity contribution in [2.24, 2.45) is 5.41 Å². The van der Waals surface area contributed by atoms with Gasteiger partial charge in [-0.15, -0.1) is 0 Å². The highest BCUT2D eigenvalue weighted by Gasteiger charge is 2.37. The molecule has 0 aromatic heterocycles. The molecule has 20 heavy (non-hydrogen) atoms. The fourth-order valence-electron chi connectivity index (χ4n) is 3.79. The molecule has 2 heteroatoms. The monoisotopic (exact) mass is 272 g/mol. The van der Waals surface area contributed by atoms with Crippen molar-refractivity contribution in [3.8, 4) is 0 Å². The summed E-state index contributed by atoms with van der Waals surface area (Å²) in [6.07, 6.45) is 5.53. The lowest BCUT2D eigenvalue weighted by atomic mass is 9.70. The van der Waals surface area contributed by atoms with Crippen LogP contribution in [0.2, 0.25) is 0 Å². The van der Waals surface area contributed by atoms with Gasteiger partial charge < -0.3 is 5.32 Å². The van der Waals surface area contributed by atoms with Gasteiger partial charge in [-0.1, -0.05) is 50.6 Å². The molecule has 2 aliphatic rings. The van der Waals surface area contributed by atoms with Crippen LogP contribution in [0, 0.1) is 5.41 Å². The van der Waals surface area contributed by atoms with Gasteiger partial charge in [0.1, 0.15) is 0 Å². The molecule has 2 unspecified atom stereocenters. The van der Waals surface area contributed by atoms with E-state index in [1.54, 1.807) is 0 Å². The minimum Gasteiger partial charge on any atom is -0.307 e. The molecule has 110 valence electrons. The Kier molecular flexibility index (Phi) is 4.13. The van der Waals surface area contributed by atoms with Gasteiger partial charge >= 0.3 is 0 Å². The number of nitrogens with zero attached hydrogens (tertiary/aromatic N) is 1. The number of nitrogens with one attached hydrogen (secondary N) is 1. The van der Waals surface area contributed by atoms with Crippen LogP contribution in [0.25, 0.3) is 0 Å². The molecule has 1 aromatic carbocycles. The Hall–Kier alpha value is -0.860. The number of hydrogen-bond donors (Lipinski definition) is 1. The molecule has 1 heterocycles. The SMILES string of the molecule is CCC1CNC(c2ccccc2)CN1CC1(C)CCC1. The Bertz CT molecular complexity index is 424. The van der Waals surface area contributed by atoms with Gasteiger partial charge in [0, 0.05) is 31.7 Å². The first-order valence-electron chi connectivity index (χ1n) is 8.22. The van der Waals surface area contributed by atoms with E-state index in [4.69, 9.17) is 0 Å². The molecule has 2 fully saturated rings. The van der Waals surface area contributed by atoms with Gasteiger partial charge in [0.25, 0.3) is 0 Å². The molecular weight excluding hydrogens is 244 g/mol. The van der Waals surface area contributed by atoms with Gasteiger partial charge in [0.15, 0.2) is 0 Å². The number of rotatable bonds is 4. The maximum atomic E-state index is 3.75. The van der Waals surface area contributed by atoms with E-state index in [9.17, 15) is 0 Å². The zero-order chi connectivity index (χ0) is 14.0. The molecule has 1 aromatic rings. The van der Waals surface area contributed by atoms with Crippen LogP contribution in [0.4, 0.5) is 0 Å². The van der Waals surface area contributed by atoms with Gasteiger partial charge in [0.2, 0.25) is 0 Å². The highest BCUT2D eigenvalue weighted by molar-refractivity contribution is 5.20. The first-order chi connectivity index (χ1) is 9.70. The van der Waals surface area contributed by atoms with E-state index in [0.717, 1.165) is 13.1 Å². The van der Waals surface area contributed by atoms with Crippen LogP contribution < -0.4 is 5.32 Å². The largest absolute Gasteiger partial charge is 0.307 e. The van der Waals surface area contributed by atoms with Crippen LogP contribution in [0.1, 0.15) is 51.1 Å². The molecule has 1 saturated heterocycles. The topological polar surface area (TPSA) is 15.3 Å². The van der Waals surface area contributed by atoms with Crippen LogP contribution >= 0.6 is 0 Å². The van der Waals surface area contributed by atoms with Crippen molar-refractivity contribution in [1.82, 2.24) is 10.2 Å². The third-order valence-electron chi connectivity index (χ3n) is 5.35. The maximum Gasteiger partial charge on any atom is 0.0449 e. The lowest BCUT2D eigenvalue weighted by Crippen LogP contribution is -2.55. The summed E-state index contributed by atoms with van der Waals surface area (Å²) in [6, 6.07) is 12.1. The fraction of sp³-hybridized carbons (Fsp3) is 0.667. The third kappa shape index (κ3) is 2.91. The Morgan fingerprint density at radius 3 is 2.60 bits per heavy atom. The van der Waals surface area contributed by atoms with Crippen LogP contribution in [0.15, 0.2) is 30.3 Å². The minimum absolute atomic E-state index is 0.502. The van der Waals surface area contributed by atoms with Gasteiger partial charge in [0.05, 0.1) is 0 Å². The molecule has 3 rings (SSSR count). The molecule has 0 amide bonds. The number of hydrogen-bond acceptors (Lipinski definition) is 2. The standard InChI is InChI=1S/C18H28N2/c1-3-16-12-19-17(15-8-5-4-6-9-15)13-20(16)14-18(2)10-7-11-18/h4-6,8-9,16-17,19H,3,7,10-14H2,1-2H3. The predicted molar refractivity (Wildman–Crippen MR) is 84.8 cm³/mol. The summed E-state index contributed by atoms with van der Waals surface area (Å²) in [4.78, 5) is 2.76. The highest BCUT2D eigenvalue weighted by Crippen LogP contribution is 2.41. The van der Waals surface area contributed by atoms with E-state index >= 15 is 0 Å². The maximum absolute atomic E-state index is 3.75. The summed E-state index contributed by atoms with van der Waals surface area (Å²) in [7, 11) is 0. The first kappa shape index (κ1) is 14.1. The van der Waals surface area contributed by atoms with Gasteiger partial charge in [-0.3, -0.25) is 4.90 Å². The lowest BCUT2D eigenvalue weighted by Gasteiger charge is -2.48. The molecule has 0 bridgehead atoms. The molecule has 1 N–H and O–H groups in total. The molecule has 1 aliphatic carbocycles. The number of benzene rings is 1. The van der Waals surface area contributed by atoms with Gasteiger partial charge in [-0.2, -0.15) is 0 Å². The zero-order valence-corrected chi connectivity index (χ0v) is 12.9. The quantitative estimate of drug-likeness (QED) is 0.901. The van der Waals surface area contributed by atoms with E-state index in [2.05, 4.69) is 54.4 Å². The normalized spacial score (nSPS) is 29.9. The van der Waals surface area contributed by atoms with E-state index in [1.165, 1.54) is 37.8 Å². The lowest BCUT2D eigenvalue weighted by molar-refractivity contribution is 0.0344. The molecule has 2 nitrogen and oxygen atoms in total.